The summed E-state index contributed by atoms with van der Waals surface area (Å²) < 4.78 is 21.6. The number of rotatable bonds is 7. The van der Waals surface area contributed by atoms with E-state index < -0.39 is 0 Å². The summed E-state index contributed by atoms with van der Waals surface area (Å²) in [4.78, 5) is 18.0. The number of benzene rings is 2. The van der Waals surface area contributed by atoms with Crippen LogP contribution in [0, 0.1) is 10.1 Å². The highest BCUT2D eigenvalue weighted by Gasteiger charge is 2.27. The van der Waals surface area contributed by atoms with E-state index >= 15 is 0 Å². The predicted molar refractivity (Wildman–Crippen MR) is 122 cm³/mol. The van der Waals surface area contributed by atoms with Crippen molar-refractivity contribution in [1.29, 1.82) is 0 Å². The van der Waals surface area contributed by atoms with Crippen LogP contribution in [0.1, 0.15) is 26.2 Å². The third-order valence-electron chi connectivity index (χ3n) is 5.88. The molecule has 1 saturated heterocycles. The zero-order valence-corrected chi connectivity index (χ0v) is 19.0. The highest BCUT2D eigenvalue weighted by molar-refractivity contribution is 5.72. The summed E-state index contributed by atoms with van der Waals surface area (Å²) in [5.74, 6) is 1.83. The number of nitro groups is 1. The average molecular weight is 454 g/mol. The molecule has 1 atom stereocenters. The molecule has 1 fully saturated rings. The number of piperidine rings is 1. The maximum absolute atomic E-state index is 11.9. The van der Waals surface area contributed by atoms with Crippen LogP contribution in [0.2, 0.25) is 0 Å². The monoisotopic (exact) mass is 454 g/mol. The molecule has 3 aromatic rings. The third-order valence-corrected chi connectivity index (χ3v) is 5.88. The molecule has 0 bridgehead atoms. The second-order valence-corrected chi connectivity index (χ2v) is 7.84. The molecular formula is C23H26N4O6. The number of hydrogen-bond donors (Lipinski definition) is 0. The molecule has 0 amide bonds. The van der Waals surface area contributed by atoms with E-state index in [1.165, 1.54) is 27.4 Å². The molecule has 1 aliphatic heterocycles. The normalized spacial score (nSPS) is 15.9. The molecule has 0 radical (unpaired) electrons. The van der Waals surface area contributed by atoms with Crippen LogP contribution in [0.4, 0.5) is 11.4 Å². The lowest BCUT2D eigenvalue weighted by Gasteiger charge is -2.35. The van der Waals surface area contributed by atoms with Gasteiger partial charge in [-0.1, -0.05) is 5.16 Å². The molecule has 33 heavy (non-hydrogen) atoms. The highest BCUT2D eigenvalue weighted by Crippen LogP contribution is 2.41. The number of anilines is 1. The Kier molecular flexibility index (Phi) is 6.34. The van der Waals surface area contributed by atoms with Gasteiger partial charge in [0.05, 0.1) is 26.3 Å². The van der Waals surface area contributed by atoms with Crippen LogP contribution in [0.3, 0.4) is 0 Å². The van der Waals surface area contributed by atoms with Crippen LogP contribution in [0.5, 0.6) is 17.2 Å². The molecular weight excluding hydrogens is 428 g/mol. The van der Waals surface area contributed by atoms with Crippen LogP contribution >= 0.6 is 0 Å². The number of ether oxygens (including phenoxy) is 3. The molecule has 0 aliphatic carbocycles. The van der Waals surface area contributed by atoms with Crippen molar-refractivity contribution < 1.29 is 23.7 Å². The van der Waals surface area contributed by atoms with Gasteiger partial charge in [0, 0.05) is 29.8 Å². The number of hydrogen-bond acceptors (Lipinski definition) is 9. The van der Waals surface area contributed by atoms with Crippen molar-refractivity contribution in [3.05, 3.63) is 40.4 Å². The molecule has 10 heteroatoms. The quantitative estimate of drug-likeness (QED) is 0.370. The first-order valence-corrected chi connectivity index (χ1v) is 10.7. The van der Waals surface area contributed by atoms with E-state index in [2.05, 4.69) is 22.0 Å². The van der Waals surface area contributed by atoms with Gasteiger partial charge in [-0.25, -0.2) is 0 Å². The molecule has 2 heterocycles. The average Bonchev–Trinajstić information content (AvgIpc) is 3.33. The molecule has 174 valence electrons. The topological polar surface area (TPSA) is 113 Å². The molecule has 10 nitrogen and oxygen atoms in total. The largest absolute Gasteiger partial charge is 0.493 e. The minimum atomic E-state index is -0.364. The molecule has 0 N–H and O–H groups in total. The van der Waals surface area contributed by atoms with Crippen molar-refractivity contribution in [1.82, 2.24) is 10.1 Å². The minimum absolute atomic E-state index is 0.0220. The SMILES string of the molecule is COc1cc(-c2noc(-c3ccc(N4CCCCC4C)c([N+](=O)[O-])c3)n2)cc(OC)c1OC. The van der Waals surface area contributed by atoms with E-state index in [9.17, 15) is 10.1 Å². The van der Waals surface area contributed by atoms with Crippen molar-refractivity contribution in [2.24, 2.45) is 0 Å². The molecule has 0 spiro atoms. The Hall–Kier alpha value is -3.82. The van der Waals surface area contributed by atoms with Gasteiger partial charge in [-0.3, -0.25) is 10.1 Å². The van der Waals surface area contributed by atoms with Crippen molar-refractivity contribution in [2.75, 3.05) is 32.8 Å². The molecule has 1 aliphatic rings. The van der Waals surface area contributed by atoms with E-state index in [4.69, 9.17) is 18.7 Å². The van der Waals surface area contributed by atoms with Gasteiger partial charge < -0.3 is 23.6 Å². The van der Waals surface area contributed by atoms with E-state index in [0.717, 1.165) is 25.8 Å². The van der Waals surface area contributed by atoms with Gasteiger partial charge >= 0.3 is 0 Å². The summed E-state index contributed by atoms with van der Waals surface area (Å²) in [6, 6.07) is 8.69. The zero-order chi connectivity index (χ0) is 23.5. The molecule has 0 saturated carbocycles. The summed E-state index contributed by atoms with van der Waals surface area (Å²) in [6.45, 7) is 2.89. The van der Waals surface area contributed by atoms with Gasteiger partial charge in [-0.15, -0.1) is 0 Å². The summed E-state index contributed by atoms with van der Waals surface area (Å²) >= 11 is 0. The number of nitrogens with zero attached hydrogens (tertiary/aromatic N) is 4. The van der Waals surface area contributed by atoms with Crippen molar-refractivity contribution >= 4 is 11.4 Å². The lowest BCUT2D eigenvalue weighted by Crippen LogP contribution is -2.37. The first kappa shape index (κ1) is 22.4. The Morgan fingerprint density at radius 2 is 1.79 bits per heavy atom. The predicted octanol–water partition coefficient (Wildman–Crippen LogP) is 4.72. The smallest absolute Gasteiger partial charge is 0.293 e. The summed E-state index contributed by atoms with van der Waals surface area (Å²) in [6.07, 6.45) is 3.17. The number of methoxy groups -OCH3 is 3. The van der Waals surface area contributed by atoms with E-state index in [0.29, 0.717) is 39.9 Å². The molecule has 1 unspecified atom stereocenters. The number of aromatic nitrogens is 2. The Balaban J connectivity index is 1.70. The van der Waals surface area contributed by atoms with E-state index in [1.54, 1.807) is 24.3 Å². The molecule has 1 aromatic heterocycles. The third kappa shape index (κ3) is 4.28. The van der Waals surface area contributed by atoms with Crippen LogP contribution < -0.4 is 19.1 Å². The van der Waals surface area contributed by atoms with E-state index in [-0.39, 0.29) is 22.5 Å². The Labute approximate surface area is 191 Å². The molecule has 2 aromatic carbocycles. The lowest BCUT2D eigenvalue weighted by atomic mass is 10.0. The standard InChI is InChI=1S/C23H26N4O6/c1-14-7-5-6-10-26(14)17-9-8-15(11-18(17)27(28)29)23-24-22(25-33-23)16-12-19(30-2)21(32-4)20(13-16)31-3/h8-9,11-14H,5-7,10H2,1-4H3. The number of nitro benzene ring substituents is 1. The van der Waals surface area contributed by atoms with E-state index in [1.807, 2.05) is 0 Å². The fraction of sp³-hybridized carbons (Fsp3) is 0.391. The van der Waals surface area contributed by atoms with Crippen LogP contribution in [-0.4, -0.2) is 49.0 Å². The van der Waals surface area contributed by atoms with Gasteiger partial charge in [0.25, 0.3) is 11.6 Å². The second-order valence-electron chi connectivity index (χ2n) is 7.84. The fourth-order valence-corrected chi connectivity index (χ4v) is 4.17. The second kappa shape index (κ2) is 9.35. The van der Waals surface area contributed by atoms with Crippen LogP contribution in [0.25, 0.3) is 22.8 Å². The van der Waals surface area contributed by atoms with Gasteiger partial charge in [0.2, 0.25) is 11.6 Å². The van der Waals surface area contributed by atoms with Gasteiger partial charge in [-0.05, 0) is 50.5 Å². The first-order chi connectivity index (χ1) is 16.0. The van der Waals surface area contributed by atoms with Crippen molar-refractivity contribution in [3.8, 4) is 40.1 Å². The molecule has 4 rings (SSSR count). The zero-order valence-electron chi connectivity index (χ0n) is 19.0. The summed E-state index contributed by atoms with van der Waals surface area (Å²) in [7, 11) is 4.56. The Morgan fingerprint density at radius 1 is 1.06 bits per heavy atom. The van der Waals surface area contributed by atoms with Gasteiger partial charge in [0.1, 0.15) is 5.69 Å². The highest BCUT2D eigenvalue weighted by atomic mass is 16.6. The summed E-state index contributed by atoms with van der Waals surface area (Å²) in [5.41, 5.74) is 1.70. The van der Waals surface area contributed by atoms with Crippen molar-refractivity contribution in [3.63, 3.8) is 0 Å². The Bertz CT molecular complexity index is 1140. The summed E-state index contributed by atoms with van der Waals surface area (Å²) in [5, 5.41) is 15.9. The van der Waals surface area contributed by atoms with Crippen LogP contribution in [-0.2, 0) is 0 Å². The maximum Gasteiger partial charge on any atom is 0.293 e. The lowest BCUT2D eigenvalue weighted by molar-refractivity contribution is -0.384. The minimum Gasteiger partial charge on any atom is -0.493 e. The van der Waals surface area contributed by atoms with Crippen LogP contribution in [0.15, 0.2) is 34.9 Å². The van der Waals surface area contributed by atoms with Gasteiger partial charge in [0.15, 0.2) is 11.5 Å². The maximum atomic E-state index is 11.9. The first-order valence-electron chi connectivity index (χ1n) is 10.7. The fourth-order valence-electron chi connectivity index (χ4n) is 4.17. The van der Waals surface area contributed by atoms with Gasteiger partial charge in [-0.2, -0.15) is 4.98 Å². The van der Waals surface area contributed by atoms with Crippen molar-refractivity contribution in [2.45, 2.75) is 32.2 Å². The Morgan fingerprint density at radius 3 is 2.39 bits per heavy atom.